The minimum atomic E-state index is -0.782. The van der Waals surface area contributed by atoms with Crippen molar-refractivity contribution in [2.45, 2.75) is 12.6 Å². The number of nitrogens with two attached hydrogens (primary N) is 1. The average Bonchev–Trinajstić information content (AvgIpc) is 2.41. The van der Waals surface area contributed by atoms with Crippen molar-refractivity contribution in [3.8, 4) is 0 Å². The molecule has 20 heavy (non-hydrogen) atoms. The highest BCUT2D eigenvalue weighted by Gasteiger charge is 2.21. The number of amides is 1. The second kappa shape index (κ2) is 7.13. The van der Waals surface area contributed by atoms with Crippen LogP contribution in [0.15, 0.2) is 18.2 Å². The van der Waals surface area contributed by atoms with Gasteiger partial charge in [-0.1, -0.05) is 29.3 Å². The molecule has 1 amide bonds. The molecule has 0 saturated carbocycles. The lowest BCUT2D eigenvalue weighted by Crippen LogP contribution is -2.44. The van der Waals surface area contributed by atoms with Gasteiger partial charge in [0.15, 0.2) is 0 Å². The first-order chi connectivity index (χ1) is 9.54. The zero-order valence-electron chi connectivity index (χ0n) is 10.9. The van der Waals surface area contributed by atoms with Crippen LogP contribution in [0.1, 0.15) is 5.56 Å². The Balaban J connectivity index is 1.88. The first-order valence-corrected chi connectivity index (χ1v) is 7.00. The monoisotopic (exact) mass is 318 g/mol. The number of hydrogen-bond donors (Lipinski definition) is 1. The summed E-state index contributed by atoms with van der Waals surface area (Å²) >= 11 is 11.9. The van der Waals surface area contributed by atoms with E-state index in [1.807, 2.05) is 12.1 Å². The fourth-order valence-electron chi connectivity index (χ4n) is 2.10. The van der Waals surface area contributed by atoms with Crippen LogP contribution >= 0.6 is 23.2 Å². The normalized spacial score (nSPS) is 19.8. The standard InChI is InChI=1S/C13H16Cl2N2O3/c14-11-2-1-9(5-12(11)15)6-17-3-4-19-10(7-17)8-20-13(16)18/h1-2,5,10H,3-4,6-8H2,(H2,16,18)/t10-/m0/s1. The van der Waals surface area contributed by atoms with E-state index in [1.165, 1.54) is 0 Å². The zero-order chi connectivity index (χ0) is 14.5. The van der Waals surface area contributed by atoms with Gasteiger partial charge in [-0.05, 0) is 17.7 Å². The number of morpholine rings is 1. The Bertz CT molecular complexity index is 485. The van der Waals surface area contributed by atoms with Crippen molar-refractivity contribution in [2.24, 2.45) is 5.73 Å². The number of primary amides is 1. The number of hydrogen-bond acceptors (Lipinski definition) is 4. The van der Waals surface area contributed by atoms with Gasteiger partial charge in [0.2, 0.25) is 0 Å². The van der Waals surface area contributed by atoms with Crippen LogP contribution in [0, 0.1) is 0 Å². The summed E-state index contributed by atoms with van der Waals surface area (Å²) in [7, 11) is 0. The fraction of sp³-hybridized carbons (Fsp3) is 0.462. The molecule has 1 aromatic carbocycles. The maximum atomic E-state index is 10.6. The Morgan fingerprint density at radius 2 is 2.25 bits per heavy atom. The molecule has 110 valence electrons. The third-order valence-electron chi connectivity index (χ3n) is 3.02. The Morgan fingerprint density at radius 3 is 2.95 bits per heavy atom. The van der Waals surface area contributed by atoms with Gasteiger partial charge in [-0.2, -0.15) is 0 Å². The summed E-state index contributed by atoms with van der Waals surface area (Å²) < 4.78 is 10.3. The molecule has 1 aromatic rings. The van der Waals surface area contributed by atoms with Gasteiger partial charge in [-0.15, -0.1) is 0 Å². The molecule has 1 atom stereocenters. The predicted octanol–water partition coefficient (Wildman–Crippen LogP) is 2.29. The van der Waals surface area contributed by atoms with E-state index in [2.05, 4.69) is 4.90 Å². The number of nitrogens with zero attached hydrogens (tertiary/aromatic N) is 1. The molecule has 0 spiro atoms. The lowest BCUT2D eigenvalue weighted by Gasteiger charge is -2.32. The van der Waals surface area contributed by atoms with Gasteiger partial charge < -0.3 is 15.2 Å². The Hall–Kier alpha value is -1.01. The number of carbonyl (C=O) groups is 1. The molecular formula is C13H16Cl2N2O3. The highest BCUT2D eigenvalue weighted by atomic mass is 35.5. The number of halogens is 2. The van der Waals surface area contributed by atoms with E-state index in [4.69, 9.17) is 38.4 Å². The molecule has 7 heteroatoms. The summed E-state index contributed by atoms with van der Waals surface area (Å²) in [6.07, 6.45) is -0.936. The molecule has 1 fully saturated rings. The summed E-state index contributed by atoms with van der Waals surface area (Å²) in [4.78, 5) is 12.8. The largest absolute Gasteiger partial charge is 0.447 e. The SMILES string of the molecule is NC(=O)OC[C@@H]1CN(Cc2ccc(Cl)c(Cl)c2)CCO1. The van der Waals surface area contributed by atoms with Crippen molar-refractivity contribution in [1.29, 1.82) is 0 Å². The van der Waals surface area contributed by atoms with Crippen LogP contribution < -0.4 is 5.73 Å². The molecule has 5 nitrogen and oxygen atoms in total. The highest BCUT2D eigenvalue weighted by Crippen LogP contribution is 2.23. The molecule has 0 aromatic heterocycles. The number of carbonyl (C=O) groups excluding carboxylic acids is 1. The maximum absolute atomic E-state index is 10.6. The molecular weight excluding hydrogens is 303 g/mol. The minimum absolute atomic E-state index is 0.154. The van der Waals surface area contributed by atoms with Crippen molar-refractivity contribution >= 4 is 29.3 Å². The molecule has 1 heterocycles. The quantitative estimate of drug-likeness (QED) is 0.925. The molecule has 1 aliphatic rings. The second-order valence-corrected chi connectivity index (χ2v) is 5.42. The summed E-state index contributed by atoms with van der Waals surface area (Å²) in [6, 6.07) is 5.58. The molecule has 0 aliphatic carbocycles. The van der Waals surface area contributed by atoms with Gasteiger partial charge in [0.1, 0.15) is 12.7 Å². The number of benzene rings is 1. The van der Waals surface area contributed by atoms with Crippen LogP contribution in [0.5, 0.6) is 0 Å². The van der Waals surface area contributed by atoms with Crippen LogP contribution in [0.4, 0.5) is 4.79 Å². The van der Waals surface area contributed by atoms with Crippen molar-refractivity contribution < 1.29 is 14.3 Å². The Kier molecular flexibility index (Phi) is 5.48. The van der Waals surface area contributed by atoms with Crippen LogP contribution in [0.2, 0.25) is 10.0 Å². The third kappa shape index (κ3) is 4.52. The summed E-state index contributed by atoms with van der Waals surface area (Å²) in [5.74, 6) is 0. The van der Waals surface area contributed by atoms with E-state index < -0.39 is 6.09 Å². The zero-order valence-corrected chi connectivity index (χ0v) is 12.4. The van der Waals surface area contributed by atoms with Gasteiger partial charge in [0.05, 0.1) is 16.7 Å². The third-order valence-corrected chi connectivity index (χ3v) is 3.76. The lowest BCUT2D eigenvalue weighted by molar-refractivity contribution is -0.0568. The number of rotatable bonds is 4. The van der Waals surface area contributed by atoms with Crippen molar-refractivity contribution in [1.82, 2.24) is 4.90 Å². The molecule has 2 N–H and O–H groups in total. The first-order valence-electron chi connectivity index (χ1n) is 6.24. The van der Waals surface area contributed by atoms with Crippen molar-refractivity contribution in [3.05, 3.63) is 33.8 Å². The van der Waals surface area contributed by atoms with Gasteiger partial charge in [-0.3, -0.25) is 4.90 Å². The summed E-state index contributed by atoms with van der Waals surface area (Å²) in [5, 5.41) is 1.09. The summed E-state index contributed by atoms with van der Waals surface area (Å²) in [5.41, 5.74) is 6.02. The second-order valence-electron chi connectivity index (χ2n) is 4.61. The van der Waals surface area contributed by atoms with Gasteiger partial charge in [0, 0.05) is 19.6 Å². The van der Waals surface area contributed by atoms with E-state index in [0.717, 1.165) is 18.7 Å². The van der Waals surface area contributed by atoms with Gasteiger partial charge in [-0.25, -0.2) is 4.79 Å². The lowest BCUT2D eigenvalue weighted by atomic mass is 10.2. The van der Waals surface area contributed by atoms with Crippen molar-refractivity contribution in [3.63, 3.8) is 0 Å². The smallest absolute Gasteiger partial charge is 0.404 e. The van der Waals surface area contributed by atoms with Crippen molar-refractivity contribution in [2.75, 3.05) is 26.3 Å². The van der Waals surface area contributed by atoms with Crippen LogP contribution in [-0.2, 0) is 16.0 Å². The van der Waals surface area contributed by atoms with Crippen LogP contribution in [-0.4, -0.2) is 43.4 Å². The maximum Gasteiger partial charge on any atom is 0.404 e. The minimum Gasteiger partial charge on any atom is -0.447 e. The molecule has 1 saturated heterocycles. The Labute approximate surface area is 127 Å². The van der Waals surface area contributed by atoms with E-state index in [9.17, 15) is 4.79 Å². The fourth-order valence-corrected chi connectivity index (χ4v) is 2.42. The van der Waals surface area contributed by atoms with E-state index >= 15 is 0 Å². The highest BCUT2D eigenvalue weighted by molar-refractivity contribution is 6.42. The Morgan fingerprint density at radius 1 is 1.45 bits per heavy atom. The van der Waals surface area contributed by atoms with Gasteiger partial charge >= 0.3 is 6.09 Å². The average molecular weight is 319 g/mol. The molecule has 1 aliphatic heterocycles. The van der Waals surface area contributed by atoms with E-state index in [1.54, 1.807) is 6.07 Å². The van der Waals surface area contributed by atoms with E-state index in [0.29, 0.717) is 23.2 Å². The molecule has 0 bridgehead atoms. The predicted molar refractivity (Wildman–Crippen MR) is 77.0 cm³/mol. The molecule has 2 rings (SSSR count). The van der Waals surface area contributed by atoms with Crippen LogP contribution in [0.3, 0.4) is 0 Å². The van der Waals surface area contributed by atoms with E-state index in [-0.39, 0.29) is 12.7 Å². The summed E-state index contributed by atoms with van der Waals surface area (Å²) in [6.45, 7) is 3.00. The molecule has 0 radical (unpaired) electrons. The molecule has 0 unspecified atom stereocenters. The first kappa shape index (κ1) is 15.4. The number of ether oxygens (including phenoxy) is 2. The van der Waals surface area contributed by atoms with Crippen LogP contribution in [0.25, 0.3) is 0 Å². The topological polar surface area (TPSA) is 64.8 Å². The van der Waals surface area contributed by atoms with Gasteiger partial charge in [0.25, 0.3) is 0 Å².